The average Bonchev–Trinajstić information content (AvgIpc) is 3.22. The highest BCUT2D eigenvalue weighted by atomic mass is 16.2. The van der Waals surface area contributed by atoms with Gasteiger partial charge in [0.1, 0.15) is 28.7 Å². The molecule has 1 saturated heterocycles. The van der Waals surface area contributed by atoms with Crippen molar-refractivity contribution in [1.29, 1.82) is 0 Å². The Morgan fingerprint density at radius 2 is 1.97 bits per heavy atom. The Bertz CT molecular complexity index is 1500. The monoisotopic (exact) mass is 479 g/mol. The lowest BCUT2D eigenvalue weighted by Gasteiger charge is -2.14. The van der Waals surface area contributed by atoms with Crippen LogP contribution in [-0.2, 0) is 4.79 Å². The molecule has 36 heavy (non-hydrogen) atoms. The molecule has 1 aliphatic carbocycles. The second-order valence-electron chi connectivity index (χ2n) is 9.43. The Kier molecular flexibility index (Phi) is 5.06. The number of carbonyl (C=O) groups excluding carboxylic acids is 2. The van der Waals surface area contributed by atoms with Crippen LogP contribution in [0.2, 0.25) is 0 Å². The minimum atomic E-state index is -0.239. The van der Waals surface area contributed by atoms with Crippen LogP contribution in [0.1, 0.15) is 34.9 Å². The van der Waals surface area contributed by atoms with E-state index in [1.165, 1.54) is 6.08 Å². The van der Waals surface area contributed by atoms with Crippen LogP contribution in [0, 0.1) is 5.41 Å². The van der Waals surface area contributed by atoms with Gasteiger partial charge in [-0.15, -0.1) is 0 Å². The second-order valence-corrected chi connectivity index (χ2v) is 9.43. The summed E-state index contributed by atoms with van der Waals surface area (Å²) in [6, 6.07) is 12.6. The number of amides is 2. The van der Waals surface area contributed by atoms with Crippen LogP contribution >= 0.6 is 0 Å². The van der Waals surface area contributed by atoms with Crippen molar-refractivity contribution in [3.8, 4) is 11.3 Å². The highest BCUT2D eigenvalue weighted by Crippen LogP contribution is 2.64. The smallest absolute Gasteiger partial charge is 0.256 e. The number of aromatic nitrogens is 4. The summed E-state index contributed by atoms with van der Waals surface area (Å²) in [4.78, 5) is 40.1. The van der Waals surface area contributed by atoms with E-state index in [9.17, 15) is 9.59 Å². The normalized spacial score (nSPS) is 20.6. The Morgan fingerprint density at radius 3 is 2.72 bits per heavy atom. The highest BCUT2D eigenvalue weighted by Gasteiger charge is 2.60. The van der Waals surface area contributed by atoms with E-state index in [4.69, 9.17) is 10.7 Å². The van der Waals surface area contributed by atoms with Crippen molar-refractivity contribution in [3.05, 3.63) is 85.1 Å². The molecule has 2 amide bonds. The molecular formula is C27H25N7O2. The maximum absolute atomic E-state index is 12.6. The molecule has 1 aromatic carbocycles. The van der Waals surface area contributed by atoms with E-state index in [1.807, 2.05) is 33.7 Å². The fourth-order valence-electron chi connectivity index (χ4n) is 5.32. The summed E-state index contributed by atoms with van der Waals surface area (Å²) in [5.41, 5.74) is 9.19. The SMILES string of the molecule is C=CC(=O)N1CCC2(CC2c2nc(-c3ccc(C(=O)Nc4ccccn4)cc3)c3c(N)nccn23)C1. The van der Waals surface area contributed by atoms with Gasteiger partial charge in [-0.1, -0.05) is 24.8 Å². The predicted octanol–water partition coefficient (Wildman–Crippen LogP) is 3.52. The fourth-order valence-corrected chi connectivity index (χ4v) is 5.32. The zero-order chi connectivity index (χ0) is 24.9. The molecule has 4 aromatic rings. The van der Waals surface area contributed by atoms with E-state index < -0.39 is 0 Å². The number of hydrogen-bond donors (Lipinski definition) is 2. The number of rotatable bonds is 5. The summed E-state index contributed by atoms with van der Waals surface area (Å²) >= 11 is 0. The Morgan fingerprint density at radius 1 is 1.14 bits per heavy atom. The Hall–Kier alpha value is -4.53. The number of imidazole rings is 1. The van der Waals surface area contributed by atoms with Crippen molar-refractivity contribution < 1.29 is 9.59 Å². The average molecular weight is 480 g/mol. The van der Waals surface area contributed by atoms with Crippen LogP contribution in [0.3, 0.4) is 0 Å². The molecule has 6 rings (SSSR count). The van der Waals surface area contributed by atoms with Gasteiger partial charge < -0.3 is 16.0 Å². The molecule has 1 spiro atoms. The number of hydrogen-bond acceptors (Lipinski definition) is 6. The molecule has 1 aliphatic heterocycles. The summed E-state index contributed by atoms with van der Waals surface area (Å²) in [7, 11) is 0. The minimum absolute atomic E-state index is 0.0215. The van der Waals surface area contributed by atoms with E-state index in [-0.39, 0.29) is 23.1 Å². The third-order valence-electron chi connectivity index (χ3n) is 7.31. The topological polar surface area (TPSA) is 119 Å². The molecule has 180 valence electrons. The quantitative estimate of drug-likeness (QED) is 0.423. The number of nitrogens with zero attached hydrogens (tertiary/aromatic N) is 5. The molecule has 4 heterocycles. The zero-order valence-electron chi connectivity index (χ0n) is 19.6. The molecule has 3 N–H and O–H groups in total. The molecular weight excluding hydrogens is 454 g/mol. The number of anilines is 2. The molecule has 2 fully saturated rings. The molecule has 2 atom stereocenters. The van der Waals surface area contributed by atoms with Crippen molar-refractivity contribution in [1.82, 2.24) is 24.3 Å². The number of benzene rings is 1. The highest BCUT2D eigenvalue weighted by molar-refractivity contribution is 6.04. The van der Waals surface area contributed by atoms with Gasteiger partial charge in [-0.05, 0) is 43.2 Å². The van der Waals surface area contributed by atoms with Crippen LogP contribution in [0.25, 0.3) is 16.8 Å². The van der Waals surface area contributed by atoms with Gasteiger partial charge in [0.15, 0.2) is 0 Å². The summed E-state index contributed by atoms with van der Waals surface area (Å²) in [5, 5.41) is 2.79. The lowest BCUT2D eigenvalue weighted by molar-refractivity contribution is -0.125. The van der Waals surface area contributed by atoms with E-state index >= 15 is 0 Å². The molecule has 2 aliphatic rings. The van der Waals surface area contributed by atoms with Crippen molar-refractivity contribution >= 4 is 29.0 Å². The van der Waals surface area contributed by atoms with Crippen LogP contribution in [0.4, 0.5) is 11.6 Å². The summed E-state index contributed by atoms with van der Waals surface area (Å²) in [6.07, 6.45) is 8.50. The number of carbonyl (C=O) groups is 2. The van der Waals surface area contributed by atoms with Gasteiger partial charge in [-0.25, -0.2) is 15.0 Å². The van der Waals surface area contributed by atoms with Crippen LogP contribution in [-0.4, -0.2) is 49.2 Å². The van der Waals surface area contributed by atoms with E-state index in [0.29, 0.717) is 23.7 Å². The number of nitrogens with one attached hydrogen (secondary N) is 1. The Labute approximate surface area is 207 Å². The number of nitrogens with two attached hydrogens (primary N) is 1. The number of fused-ring (bicyclic) bond motifs is 1. The number of nitrogen functional groups attached to an aromatic ring is 1. The molecule has 1 saturated carbocycles. The number of likely N-dealkylation sites (tertiary alicyclic amines) is 1. The van der Waals surface area contributed by atoms with Crippen molar-refractivity contribution in [3.63, 3.8) is 0 Å². The Balaban J connectivity index is 1.30. The van der Waals surface area contributed by atoms with Gasteiger partial charge in [0, 0.05) is 54.1 Å². The maximum atomic E-state index is 12.6. The predicted molar refractivity (Wildman–Crippen MR) is 136 cm³/mol. The molecule has 0 bridgehead atoms. The first-order chi connectivity index (χ1) is 17.5. The molecule has 0 radical (unpaired) electrons. The third kappa shape index (κ3) is 3.60. The molecule has 9 heteroatoms. The van der Waals surface area contributed by atoms with E-state index in [1.54, 1.807) is 36.7 Å². The van der Waals surface area contributed by atoms with Gasteiger partial charge >= 0.3 is 0 Å². The molecule has 2 unspecified atom stereocenters. The van der Waals surface area contributed by atoms with Crippen LogP contribution in [0.15, 0.2) is 73.7 Å². The van der Waals surface area contributed by atoms with Gasteiger partial charge in [-0.3, -0.25) is 14.0 Å². The summed E-state index contributed by atoms with van der Waals surface area (Å²) < 4.78 is 2.02. The number of pyridine rings is 1. The first-order valence-corrected chi connectivity index (χ1v) is 11.9. The van der Waals surface area contributed by atoms with E-state index in [2.05, 4.69) is 21.9 Å². The maximum Gasteiger partial charge on any atom is 0.256 e. The minimum Gasteiger partial charge on any atom is -0.382 e. The summed E-state index contributed by atoms with van der Waals surface area (Å²) in [5.74, 6) is 1.79. The summed E-state index contributed by atoms with van der Waals surface area (Å²) in [6.45, 7) is 5.07. The van der Waals surface area contributed by atoms with Crippen molar-refractivity contribution in [2.45, 2.75) is 18.8 Å². The van der Waals surface area contributed by atoms with Crippen LogP contribution < -0.4 is 11.1 Å². The molecule has 3 aromatic heterocycles. The lowest BCUT2D eigenvalue weighted by atomic mass is 10.0. The third-order valence-corrected chi connectivity index (χ3v) is 7.31. The first kappa shape index (κ1) is 22.0. The zero-order valence-corrected chi connectivity index (χ0v) is 19.6. The first-order valence-electron chi connectivity index (χ1n) is 11.9. The van der Waals surface area contributed by atoms with Crippen molar-refractivity contribution in [2.24, 2.45) is 5.41 Å². The lowest BCUT2D eigenvalue weighted by Crippen LogP contribution is -2.27. The largest absolute Gasteiger partial charge is 0.382 e. The van der Waals surface area contributed by atoms with Gasteiger partial charge in [0.05, 0.1) is 0 Å². The molecule has 9 nitrogen and oxygen atoms in total. The van der Waals surface area contributed by atoms with Gasteiger partial charge in [-0.2, -0.15) is 0 Å². The van der Waals surface area contributed by atoms with Crippen molar-refractivity contribution in [2.75, 3.05) is 24.1 Å². The second kappa shape index (κ2) is 8.30. The van der Waals surface area contributed by atoms with Crippen LogP contribution in [0.5, 0.6) is 0 Å². The standard InChI is InChI=1S/C27H25N7O2/c1-2-21(35)33-13-10-27(16-33)15-19(27)25-32-22(23-24(28)30-12-14-34(23)25)17-6-8-18(9-7-17)26(36)31-20-5-3-4-11-29-20/h2-9,11-12,14,19H,1,10,13,15-16H2,(H2,28,30)(H,29,31,36). The van der Waals surface area contributed by atoms with E-state index in [0.717, 1.165) is 42.0 Å². The van der Waals surface area contributed by atoms with Gasteiger partial charge in [0.2, 0.25) is 5.91 Å². The fraction of sp³-hybridized carbons (Fsp3) is 0.222. The van der Waals surface area contributed by atoms with Gasteiger partial charge in [0.25, 0.3) is 5.91 Å².